The van der Waals surface area contributed by atoms with Crippen molar-refractivity contribution in [2.24, 2.45) is 0 Å². The Morgan fingerprint density at radius 2 is 1.64 bits per heavy atom. The maximum Gasteiger partial charge on any atom is 0.244 e. The molecule has 180 valence electrons. The monoisotopic (exact) mass is 473 g/mol. The van der Waals surface area contributed by atoms with Gasteiger partial charge in [-0.15, -0.1) is 0 Å². The van der Waals surface area contributed by atoms with Gasteiger partial charge in [0.15, 0.2) is 0 Å². The van der Waals surface area contributed by atoms with Gasteiger partial charge in [0.25, 0.3) is 0 Å². The van der Waals surface area contributed by atoms with Gasteiger partial charge >= 0.3 is 0 Å². The molecule has 0 spiro atoms. The third-order valence-corrected chi connectivity index (χ3v) is 6.55. The third kappa shape index (κ3) is 7.89. The molecule has 2 rings (SSSR count). The number of sulfonamides is 1. The summed E-state index contributed by atoms with van der Waals surface area (Å²) in [5, 5.41) is 2.91. The number of nitrogens with one attached hydrogen (secondary N) is 1. The van der Waals surface area contributed by atoms with Crippen LogP contribution in [0.4, 0.5) is 5.69 Å². The predicted octanol–water partition coefficient (Wildman–Crippen LogP) is 3.48. The molecule has 0 bridgehead atoms. The molecule has 2 amide bonds. The molecular weight excluding hydrogens is 438 g/mol. The van der Waals surface area contributed by atoms with Crippen LogP contribution in [-0.2, 0) is 26.2 Å². The Bertz CT molecular complexity index is 1010. The second kappa shape index (κ2) is 12.4. The average molecular weight is 474 g/mol. The van der Waals surface area contributed by atoms with Crippen LogP contribution >= 0.6 is 0 Å². The Kier molecular flexibility index (Phi) is 9.91. The van der Waals surface area contributed by atoms with Crippen LogP contribution < -0.4 is 9.62 Å². The topological polar surface area (TPSA) is 86.8 Å². The highest BCUT2D eigenvalue weighted by Crippen LogP contribution is 2.20. The largest absolute Gasteiger partial charge is 0.354 e. The molecule has 0 heterocycles. The zero-order valence-electron chi connectivity index (χ0n) is 20.0. The van der Waals surface area contributed by atoms with E-state index in [1.165, 1.54) is 4.90 Å². The summed E-state index contributed by atoms with van der Waals surface area (Å²) in [6.07, 6.45) is 3.30. The van der Waals surface area contributed by atoms with Crippen LogP contribution in [0.25, 0.3) is 0 Å². The normalized spacial score (nSPS) is 12.1. The molecule has 0 saturated heterocycles. The number of unbranched alkanes of at least 4 members (excludes halogenated alkanes) is 1. The van der Waals surface area contributed by atoms with Gasteiger partial charge in [-0.2, -0.15) is 0 Å². The van der Waals surface area contributed by atoms with E-state index in [1.54, 1.807) is 24.3 Å². The van der Waals surface area contributed by atoms with Crippen LogP contribution in [0, 0.1) is 6.92 Å². The molecule has 8 heteroatoms. The molecule has 7 nitrogen and oxygen atoms in total. The number of carbonyl (C=O) groups is 2. The number of rotatable bonds is 12. The first kappa shape index (κ1) is 26.4. The highest BCUT2D eigenvalue weighted by Gasteiger charge is 2.31. The quantitative estimate of drug-likeness (QED) is 0.478. The lowest BCUT2D eigenvalue weighted by molar-refractivity contribution is -0.140. The fourth-order valence-corrected chi connectivity index (χ4v) is 4.38. The molecule has 0 fully saturated rings. The van der Waals surface area contributed by atoms with Gasteiger partial charge in [-0.1, -0.05) is 68.3 Å². The number of nitrogens with zero attached hydrogens (tertiary/aromatic N) is 2. The highest BCUT2D eigenvalue weighted by atomic mass is 32.2. The molecule has 0 aliphatic carbocycles. The van der Waals surface area contributed by atoms with Crippen molar-refractivity contribution in [3.8, 4) is 0 Å². The minimum absolute atomic E-state index is 0.213. The van der Waals surface area contributed by atoms with Crippen LogP contribution in [0.1, 0.15) is 44.2 Å². The van der Waals surface area contributed by atoms with E-state index in [4.69, 9.17) is 0 Å². The lowest BCUT2D eigenvalue weighted by Gasteiger charge is -2.33. The molecule has 1 atom stereocenters. The van der Waals surface area contributed by atoms with Crippen LogP contribution in [-0.4, -0.2) is 50.5 Å². The average Bonchev–Trinajstić information content (AvgIpc) is 2.78. The minimum atomic E-state index is -3.72. The van der Waals surface area contributed by atoms with Crippen molar-refractivity contribution in [3.05, 3.63) is 65.7 Å². The molecule has 2 aromatic rings. The summed E-state index contributed by atoms with van der Waals surface area (Å²) in [4.78, 5) is 27.9. The number of carbonyl (C=O) groups excluding carboxylic acids is 2. The van der Waals surface area contributed by atoms with Crippen molar-refractivity contribution < 1.29 is 18.0 Å². The van der Waals surface area contributed by atoms with Gasteiger partial charge in [-0.25, -0.2) is 8.42 Å². The van der Waals surface area contributed by atoms with E-state index in [1.807, 2.05) is 51.1 Å². The third-order valence-electron chi connectivity index (χ3n) is 5.41. The van der Waals surface area contributed by atoms with Crippen molar-refractivity contribution in [1.82, 2.24) is 10.2 Å². The molecule has 1 N–H and O–H groups in total. The van der Waals surface area contributed by atoms with Gasteiger partial charge in [0.1, 0.15) is 12.6 Å². The van der Waals surface area contributed by atoms with E-state index in [9.17, 15) is 18.0 Å². The number of hydrogen-bond acceptors (Lipinski definition) is 4. The zero-order chi connectivity index (χ0) is 24.4. The molecule has 0 aromatic heterocycles. The molecule has 0 saturated carbocycles. The van der Waals surface area contributed by atoms with Gasteiger partial charge in [0, 0.05) is 13.1 Å². The van der Waals surface area contributed by atoms with Crippen LogP contribution in [0.3, 0.4) is 0 Å². The molecule has 33 heavy (non-hydrogen) atoms. The summed E-state index contributed by atoms with van der Waals surface area (Å²) in [6, 6.07) is 15.7. The number of anilines is 1. The Hall–Kier alpha value is -2.87. The van der Waals surface area contributed by atoms with E-state index in [2.05, 4.69) is 5.32 Å². The van der Waals surface area contributed by atoms with E-state index in [-0.39, 0.29) is 19.0 Å². The first-order chi connectivity index (χ1) is 15.7. The number of amides is 2. The summed E-state index contributed by atoms with van der Waals surface area (Å²) >= 11 is 0. The molecule has 0 radical (unpaired) electrons. The van der Waals surface area contributed by atoms with Crippen molar-refractivity contribution >= 4 is 27.5 Å². The SMILES string of the molecule is CCCCNC(=O)C(CC)N(Cc1ccccc1)C(=O)CN(c1ccc(C)cc1)S(C)(=O)=O. The molecule has 0 aliphatic rings. The second-order valence-electron chi connectivity index (χ2n) is 8.18. The van der Waals surface area contributed by atoms with Crippen molar-refractivity contribution in [1.29, 1.82) is 0 Å². The highest BCUT2D eigenvalue weighted by molar-refractivity contribution is 7.92. The Labute approximate surface area is 197 Å². The van der Waals surface area contributed by atoms with Crippen molar-refractivity contribution in [2.75, 3.05) is 23.7 Å². The van der Waals surface area contributed by atoms with Crippen LogP contribution in [0.15, 0.2) is 54.6 Å². The first-order valence-corrected chi connectivity index (χ1v) is 13.2. The molecule has 0 aliphatic heterocycles. The van der Waals surface area contributed by atoms with Gasteiger partial charge in [-0.3, -0.25) is 13.9 Å². The Morgan fingerprint density at radius 3 is 2.18 bits per heavy atom. The van der Waals surface area contributed by atoms with Gasteiger partial charge in [-0.05, 0) is 37.5 Å². The van der Waals surface area contributed by atoms with Crippen LogP contribution in [0.2, 0.25) is 0 Å². The molecule has 2 aromatic carbocycles. The second-order valence-corrected chi connectivity index (χ2v) is 10.1. The summed E-state index contributed by atoms with van der Waals surface area (Å²) < 4.78 is 26.2. The smallest absolute Gasteiger partial charge is 0.244 e. The van der Waals surface area contributed by atoms with Gasteiger partial charge < -0.3 is 10.2 Å². The summed E-state index contributed by atoms with van der Waals surface area (Å²) in [5.41, 5.74) is 2.27. The number of hydrogen-bond donors (Lipinski definition) is 1. The summed E-state index contributed by atoms with van der Waals surface area (Å²) in [5.74, 6) is -0.654. The standard InChI is InChI=1S/C25H35N3O4S/c1-5-7-17-26-25(30)23(6-2)27(18-21-11-9-8-10-12-21)24(29)19-28(33(4,31)32)22-15-13-20(3)14-16-22/h8-16,23H,5-7,17-19H2,1-4H3,(H,26,30). The van der Waals surface area contributed by atoms with E-state index >= 15 is 0 Å². The fraction of sp³-hybridized carbons (Fsp3) is 0.440. The number of aryl methyl sites for hydroxylation is 1. The maximum absolute atomic E-state index is 13.5. The van der Waals surface area contributed by atoms with Crippen LogP contribution in [0.5, 0.6) is 0 Å². The first-order valence-electron chi connectivity index (χ1n) is 11.3. The lowest BCUT2D eigenvalue weighted by atomic mass is 10.1. The fourth-order valence-electron chi connectivity index (χ4n) is 3.53. The van der Waals surface area contributed by atoms with Gasteiger partial charge in [0.05, 0.1) is 11.9 Å². The molecular formula is C25H35N3O4S. The van der Waals surface area contributed by atoms with Gasteiger partial charge in [0.2, 0.25) is 21.8 Å². The predicted molar refractivity (Wildman–Crippen MR) is 132 cm³/mol. The Morgan fingerprint density at radius 1 is 1.00 bits per heavy atom. The summed E-state index contributed by atoms with van der Waals surface area (Å²) in [6.45, 7) is 6.17. The van der Waals surface area contributed by atoms with Crippen molar-refractivity contribution in [2.45, 2.75) is 52.6 Å². The lowest BCUT2D eigenvalue weighted by Crippen LogP contribution is -2.52. The van der Waals surface area contributed by atoms with E-state index < -0.39 is 22.0 Å². The zero-order valence-corrected chi connectivity index (χ0v) is 20.8. The minimum Gasteiger partial charge on any atom is -0.354 e. The van der Waals surface area contributed by atoms with Crippen molar-refractivity contribution in [3.63, 3.8) is 0 Å². The van der Waals surface area contributed by atoms with E-state index in [0.717, 1.165) is 34.5 Å². The summed E-state index contributed by atoms with van der Waals surface area (Å²) in [7, 11) is -3.72. The van der Waals surface area contributed by atoms with E-state index in [0.29, 0.717) is 18.7 Å². The number of benzene rings is 2. The molecule has 1 unspecified atom stereocenters. The Balaban J connectivity index is 2.35. The maximum atomic E-state index is 13.5.